The van der Waals surface area contributed by atoms with Crippen molar-refractivity contribution in [1.29, 1.82) is 0 Å². The Bertz CT molecular complexity index is 2600. The van der Waals surface area contributed by atoms with E-state index in [1.165, 1.54) is 22.1 Å². The number of nitrogens with one attached hydrogen (secondary N) is 5. The Hall–Kier alpha value is -7.79. The third-order valence-corrected chi connectivity index (χ3v) is 12.2. The van der Waals surface area contributed by atoms with Crippen molar-refractivity contribution in [1.82, 2.24) is 35.6 Å². The van der Waals surface area contributed by atoms with E-state index in [2.05, 4.69) is 26.6 Å². The van der Waals surface area contributed by atoms with Crippen molar-refractivity contribution in [2.45, 2.75) is 111 Å². The molecule has 4 rings (SSSR count). The molecule has 3 aromatic rings. The predicted octanol–water partition coefficient (Wildman–Crippen LogP) is 3.05. The number of carbonyl (C=O) groups is 9. The molecule has 410 valence electrons. The number of hydrogen-bond acceptors (Lipinski definition) is 13. The molecule has 0 radical (unpaired) electrons. The number of anilines is 2. The number of aromatic nitrogens is 1. The zero-order valence-electron chi connectivity index (χ0n) is 43.6. The van der Waals surface area contributed by atoms with Gasteiger partial charge in [0.1, 0.15) is 36.1 Å². The zero-order valence-corrected chi connectivity index (χ0v) is 43.6. The van der Waals surface area contributed by atoms with Crippen LogP contribution >= 0.6 is 0 Å². The number of primary amides is 1. The lowest BCUT2D eigenvalue weighted by molar-refractivity contribution is -0.145. The third kappa shape index (κ3) is 18.3. The molecule has 2 aromatic carbocycles. The van der Waals surface area contributed by atoms with Crippen LogP contribution in [0.1, 0.15) is 95.5 Å². The molecule has 1 aliphatic rings. The molecular weight excluding hydrogens is 980 g/mol. The summed E-state index contributed by atoms with van der Waals surface area (Å²) in [6.07, 6.45) is 0.712. The van der Waals surface area contributed by atoms with Crippen LogP contribution < -0.4 is 42.6 Å². The number of piperazine rings is 1. The van der Waals surface area contributed by atoms with Crippen molar-refractivity contribution >= 4 is 75.9 Å². The summed E-state index contributed by atoms with van der Waals surface area (Å²) in [6.45, 7) is 10.1. The number of fused-ring (bicyclic) bond motifs is 1. The largest absolute Gasteiger partial charge is 0.477 e. The van der Waals surface area contributed by atoms with Crippen LogP contribution in [0.2, 0.25) is 0 Å². The van der Waals surface area contributed by atoms with Gasteiger partial charge in [-0.25, -0.2) is 18.8 Å². The summed E-state index contributed by atoms with van der Waals surface area (Å²) in [5.74, 6) is -6.02. The van der Waals surface area contributed by atoms with Gasteiger partial charge in [-0.1, -0.05) is 39.8 Å². The van der Waals surface area contributed by atoms with Crippen LogP contribution in [0.4, 0.5) is 25.4 Å². The number of rotatable bonds is 26. The van der Waals surface area contributed by atoms with Gasteiger partial charge in [-0.15, -0.1) is 0 Å². The first kappa shape index (κ1) is 59.8. The molecule has 0 bridgehead atoms. The summed E-state index contributed by atoms with van der Waals surface area (Å²) in [4.78, 5) is 133. The van der Waals surface area contributed by atoms with Gasteiger partial charge in [0, 0.05) is 89.9 Å². The number of amides is 8. The van der Waals surface area contributed by atoms with Gasteiger partial charge in [0.25, 0.3) is 0 Å². The minimum Gasteiger partial charge on any atom is -0.477 e. The molecule has 0 aliphatic carbocycles. The van der Waals surface area contributed by atoms with Gasteiger partial charge < -0.3 is 66.2 Å². The van der Waals surface area contributed by atoms with Crippen molar-refractivity contribution in [3.8, 4) is 0 Å². The number of nitrogens with zero attached hydrogens (tertiary/aromatic N) is 4. The van der Waals surface area contributed by atoms with Crippen LogP contribution in [0.25, 0.3) is 10.9 Å². The Kier molecular flexibility index (Phi) is 22.8. The van der Waals surface area contributed by atoms with Crippen molar-refractivity contribution in [2.24, 2.45) is 17.6 Å². The molecule has 8 N–H and O–H groups in total. The molecule has 0 unspecified atom stereocenters. The van der Waals surface area contributed by atoms with Crippen LogP contribution in [-0.2, 0) is 51.4 Å². The van der Waals surface area contributed by atoms with Gasteiger partial charge >= 0.3 is 24.1 Å². The highest BCUT2D eigenvalue weighted by molar-refractivity contribution is 5.99. The smallest absolute Gasteiger partial charge is 0.410 e. The first-order chi connectivity index (χ1) is 35.5. The maximum absolute atomic E-state index is 15.4. The second-order valence-electron chi connectivity index (χ2n) is 19.1. The molecule has 8 amide bonds. The van der Waals surface area contributed by atoms with Gasteiger partial charge in [0.2, 0.25) is 35.0 Å². The standard InChI is InChI=1S/C51H71FN10O13/c1-8-60-27-35(49(70)71)45(66)34-25-36(52)40(26-39(34)60)61-21-23-62(24-22-61)51(73)75-29-32-14-16-33(17-15-32)55-46(67)37(11-10-20-54-50(53)72)57-48(69)44(31(4)5)58-47(68)38(18-19-43(65)74-28-30(2)3)56-41(63)12-9-13-42(64)59(6)7/h14-17,25-27,30-31,37-38,44H,8-13,18-24,28-29H2,1-7H3,(H,55,67)(H,56,63)(H,57,69)(H,58,68)(H,70,71)(H3,53,54,72)/t37-,38-,44-/m0/s1. The van der Waals surface area contributed by atoms with Crippen LogP contribution in [0.3, 0.4) is 0 Å². The number of nitrogens with two attached hydrogens (primary N) is 1. The second-order valence-corrected chi connectivity index (χ2v) is 19.1. The SMILES string of the molecule is CCn1cc(C(=O)O)c(=O)c2cc(F)c(N3CCN(C(=O)OCc4ccc(NC(=O)[C@H](CCCNC(N)=O)NC(=O)[C@@H](NC(=O)[C@H](CCC(=O)OCC(C)C)NC(=O)CCCC(=O)N(C)C)C(C)C)cc4)CC3)cc21. The molecule has 1 saturated heterocycles. The van der Waals surface area contributed by atoms with Crippen molar-refractivity contribution in [2.75, 3.05) is 63.6 Å². The molecule has 1 fully saturated rings. The highest BCUT2D eigenvalue weighted by atomic mass is 19.1. The lowest BCUT2D eigenvalue weighted by atomic mass is 10.0. The molecule has 3 atom stereocenters. The minimum absolute atomic E-state index is 0.0279. The quantitative estimate of drug-likeness (QED) is 0.0449. The fourth-order valence-corrected chi connectivity index (χ4v) is 7.93. The summed E-state index contributed by atoms with van der Waals surface area (Å²) < 4.78 is 27.8. The molecule has 0 saturated carbocycles. The van der Waals surface area contributed by atoms with E-state index in [1.54, 1.807) is 68.6 Å². The Labute approximate surface area is 434 Å². The maximum Gasteiger partial charge on any atom is 0.410 e. The molecule has 1 aliphatic heterocycles. The number of pyridine rings is 1. The van der Waals surface area contributed by atoms with Gasteiger partial charge in [0.05, 0.1) is 17.8 Å². The summed E-state index contributed by atoms with van der Waals surface area (Å²) in [6, 6.07) is 4.47. The second kappa shape index (κ2) is 28.6. The number of carbonyl (C=O) groups excluding carboxylic acids is 8. The van der Waals surface area contributed by atoms with E-state index in [9.17, 15) is 53.1 Å². The number of hydrogen-bond donors (Lipinski definition) is 7. The summed E-state index contributed by atoms with van der Waals surface area (Å²) in [7, 11) is 3.18. The predicted molar refractivity (Wildman–Crippen MR) is 275 cm³/mol. The molecule has 75 heavy (non-hydrogen) atoms. The van der Waals surface area contributed by atoms with Gasteiger partial charge in [0.15, 0.2) is 0 Å². The normalized spacial score (nSPS) is 13.6. The number of carboxylic acids is 1. The van der Waals surface area contributed by atoms with E-state index in [4.69, 9.17) is 15.2 Å². The third-order valence-electron chi connectivity index (χ3n) is 12.2. The molecule has 0 spiro atoms. The maximum atomic E-state index is 15.4. The van der Waals surface area contributed by atoms with Crippen molar-refractivity contribution < 1.29 is 62.1 Å². The summed E-state index contributed by atoms with van der Waals surface area (Å²) >= 11 is 0. The topological polar surface area (TPSA) is 310 Å². The van der Waals surface area contributed by atoms with Crippen molar-refractivity contribution in [3.05, 3.63) is 69.8 Å². The number of aromatic carboxylic acids is 1. The first-order valence-electron chi connectivity index (χ1n) is 24.9. The Morgan fingerprint density at radius 3 is 2.08 bits per heavy atom. The number of benzene rings is 2. The lowest BCUT2D eigenvalue weighted by Crippen LogP contribution is -2.57. The number of aryl methyl sites for hydroxylation is 1. The highest BCUT2D eigenvalue weighted by Crippen LogP contribution is 2.27. The van der Waals surface area contributed by atoms with E-state index < -0.39 is 88.5 Å². The minimum atomic E-state index is -1.41. The lowest BCUT2D eigenvalue weighted by Gasteiger charge is -2.35. The van der Waals surface area contributed by atoms with Crippen LogP contribution in [-0.4, -0.2) is 145 Å². The van der Waals surface area contributed by atoms with E-state index in [-0.39, 0.29) is 114 Å². The fraction of sp³-hybridized carbons (Fsp3) is 0.529. The number of urea groups is 1. The zero-order chi connectivity index (χ0) is 55.5. The van der Waals surface area contributed by atoms with Crippen LogP contribution in [0.5, 0.6) is 0 Å². The van der Waals surface area contributed by atoms with Gasteiger partial charge in [-0.3, -0.25) is 33.6 Å². The number of halogens is 1. The molecular formula is C51H71FN10O13. The molecule has 2 heterocycles. The average Bonchev–Trinajstić information content (AvgIpc) is 3.36. The van der Waals surface area contributed by atoms with Crippen LogP contribution in [0, 0.1) is 17.7 Å². The monoisotopic (exact) mass is 1050 g/mol. The van der Waals surface area contributed by atoms with E-state index in [0.717, 1.165) is 6.07 Å². The highest BCUT2D eigenvalue weighted by Gasteiger charge is 2.32. The average molecular weight is 1050 g/mol. The fourth-order valence-electron chi connectivity index (χ4n) is 7.93. The number of esters is 1. The van der Waals surface area contributed by atoms with E-state index in [1.807, 2.05) is 13.8 Å². The van der Waals surface area contributed by atoms with Gasteiger partial charge in [-0.2, -0.15) is 0 Å². The Morgan fingerprint density at radius 1 is 0.813 bits per heavy atom. The Morgan fingerprint density at radius 2 is 1.48 bits per heavy atom. The summed E-state index contributed by atoms with van der Waals surface area (Å²) in [5.41, 5.74) is 5.47. The van der Waals surface area contributed by atoms with E-state index in [0.29, 0.717) is 23.3 Å². The Balaban J connectivity index is 1.37. The number of ether oxygens (including phenoxy) is 2. The molecule has 23 nitrogen and oxygen atoms in total. The van der Waals surface area contributed by atoms with Crippen molar-refractivity contribution in [3.63, 3.8) is 0 Å². The van der Waals surface area contributed by atoms with Gasteiger partial charge in [-0.05, 0) is 74.3 Å². The van der Waals surface area contributed by atoms with E-state index >= 15 is 4.39 Å². The molecule has 24 heteroatoms. The first-order valence-corrected chi connectivity index (χ1v) is 24.9. The summed E-state index contributed by atoms with van der Waals surface area (Å²) in [5, 5.41) is 22.6. The number of carboxylic acid groups (broad SMARTS) is 1. The van der Waals surface area contributed by atoms with Crippen LogP contribution in [0.15, 0.2) is 47.4 Å². The molecule has 1 aromatic heterocycles.